The summed E-state index contributed by atoms with van der Waals surface area (Å²) in [4.78, 5) is 14.6. The van der Waals surface area contributed by atoms with Gasteiger partial charge in [-0.1, -0.05) is 30.3 Å². The molecule has 2 aliphatic rings. The van der Waals surface area contributed by atoms with Gasteiger partial charge in [-0.25, -0.2) is 12.8 Å². The SMILES string of the molecule is C[C@@H]1Oc2ccccc2O[C@H]1C(=O)N1CC[C@H](c2ccccc2F)S(=O)(=O)CC1. The molecule has 2 aliphatic heterocycles. The molecule has 29 heavy (non-hydrogen) atoms. The van der Waals surface area contributed by atoms with Crippen molar-refractivity contribution in [3.8, 4) is 11.5 Å². The Balaban J connectivity index is 1.54. The summed E-state index contributed by atoms with van der Waals surface area (Å²) in [5.41, 5.74) is 0.154. The van der Waals surface area contributed by atoms with Gasteiger partial charge in [0.05, 0.1) is 11.0 Å². The first-order valence-electron chi connectivity index (χ1n) is 9.54. The molecule has 3 atom stereocenters. The van der Waals surface area contributed by atoms with Crippen molar-refractivity contribution in [2.24, 2.45) is 0 Å². The Labute approximate surface area is 169 Å². The number of hydrogen-bond donors (Lipinski definition) is 0. The van der Waals surface area contributed by atoms with E-state index in [0.717, 1.165) is 0 Å². The Kier molecular flexibility index (Phi) is 5.21. The highest BCUT2D eigenvalue weighted by Crippen LogP contribution is 2.35. The van der Waals surface area contributed by atoms with Crippen molar-refractivity contribution >= 4 is 15.7 Å². The van der Waals surface area contributed by atoms with Crippen molar-refractivity contribution in [2.45, 2.75) is 30.8 Å². The summed E-state index contributed by atoms with van der Waals surface area (Å²) in [6.07, 6.45) is -1.25. The molecule has 1 fully saturated rings. The first-order chi connectivity index (χ1) is 13.9. The average molecular weight is 419 g/mol. The predicted molar refractivity (Wildman–Crippen MR) is 105 cm³/mol. The molecule has 6 nitrogen and oxygen atoms in total. The van der Waals surface area contributed by atoms with E-state index in [4.69, 9.17) is 9.47 Å². The van der Waals surface area contributed by atoms with E-state index in [9.17, 15) is 17.6 Å². The number of benzene rings is 2. The maximum absolute atomic E-state index is 14.2. The van der Waals surface area contributed by atoms with Crippen molar-refractivity contribution in [1.29, 1.82) is 0 Å². The number of nitrogens with zero attached hydrogens (tertiary/aromatic N) is 1. The second-order valence-corrected chi connectivity index (χ2v) is 9.60. The van der Waals surface area contributed by atoms with Crippen LogP contribution in [0.3, 0.4) is 0 Å². The number of carbonyl (C=O) groups excluding carboxylic acids is 1. The Morgan fingerprint density at radius 1 is 1.03 bits per heavy atom. The minimum atomic E-state index is -3.60. The summed E-state index contributed by atoms with van der Waals surface area (Å²) in [5.74, 6) is -0.0414. The number of sulfone groups is 1. The molecule has 0 spiro atoms. The fraction of sp³-hybridized carbons (Fsp3) is 0.381. The van der Waals surface area contributed by atoms with Crippen LogP contribution >= 0.6 is 0 Å². The molecule has 0 bridgehead atoms. The topological polar surface area (TPSA) is 72.9 Å². The van der Waals surface area contributed by atoms with Gasteiger partial charge in [0.25, 0.3) is 5.91 Å². The smallest absolute Gasteiger partial charge is 0.267 e. The zero-order valence-corrected chi connectivity index (χ0v) is 16.8. The minimum Gasteiger partial charge on any atom is -0.482 e. The summed E-state index contributed by atoms with van der Waals surface area (Å²) >= 11 is 0. The van der Waals surface area contributed by atoms with Gasteiger partial charge in [0.1, 0.15) is 11.9 Å². The van der Waals surface area contributed by atoms with Crippen molar-refractivity contribution in [1.82, 2.24) is 4.90 Å². The Hall–Kier alpha value is -2.61. The zero-order chi connectivity index (χ0) is 20.6. The van der Waals surface area contributed by atoms with Crippen molar-refractivity contribution < 1.29 is 27.1 Å². The molecule has 0 saturated carbocycles. The van der Waals surface area contributed by atoms with E-state index in [2.05, 4.69) is 0 Å². The fourth-order valence-electron chi connectivity index (χ4n) is 3.82. The molecule has 2 aromatic carbocycles. The van der Waals surface area contributed by atoms with Crippen LogP contribution in [0.1, 0.15) is 24.2 Å². The summed E-state index contributed by atoms with van der Waals surface area (Å²) in [6.45, 7) is 1.99. The molecule has 2 aromatic rings. The highest BCUT2D eigenvalue weighted by Gasteiger charge is 2.40. The van der Waals surface area contributed by atoms with E-state index in [1.54, 1.807) is 31.2 Å². The fourth-order valence-corrected chi connectivity index (χ4v) is 5.62. The number of fused-ring (bicyclic) bond motifs is 1. The third kappa shape index (κ3) is 3.81. The predicted octanol–water partition coefficient (Wildman–Crippen LogP) is 2.74. The Morgan fingerprint density at radius 3 is 2.41 bits per heavy atom. The molecular formula is C21H22FNO5S. The van der Waals surface area contributed by atoms with E-state index < -0.39 is 33.1 Å². The van der Waals surface area contributed by atoms with Crippen LogP contribution in [0.25, 0.3) is 0 Å². The van der Waals surface area contributed by atoms with E-state index in [0.29, 0.717) is 11.5 Å². The lowest BCUT2D eigenvalue weighted by Gasteiger charge is -2.34. The summed E-state index contributed by atoms with van der Waals surface area (Å²) in [6, 6.07) is 13.0. The zero-order valence-electron chi connectivity index (χ0n) is 16.0. The van der Waals surface area contributed by atoms with Gasteiger partial charge >= 0.3 is 0 Å². The summed E-state index contributed by atoms with van der Waals surface area (Å²) in [7, 11) is -3.60. The largest absolute Gasteiger partial charge is 0.482 e. The van der Waals surface area contributed by atoms with Crippen LogP contribution in [0, 0.1) is 5.82 Å². The lowest BCUT2D eigenvalue weighted by atomic mass is 10.1. The number of carbonyl (C=O) groups is 1. The molecule has 0 N–H and O–H groups in total. The highest BCUT2D eigenvalue weighted by atomic mass is 32.2. The van der Waals surface area contributed by atoms with E-state index in [-0.39, 0.29) is 36.7 Å². The molecule has 0 radical (unpaired) electrons. The number of halogens is 1. The lowest BCUT2D eigenvalue weighted by Crippen LogP contribution is -2.51. The van der Waals surface area contributed by atoms with Gasteiger partial charge in [-0.15, -0.1) is 0 Å². The van der Waals surface area contributed by atoms with Crippen LogP contribution in [-0.2, 0) is 14.6 Å². The number of rotatable bonds is 2. The van der Waals surface area contributed by atoms with Gasteiger partial charge in [0.2, 0.25) is 6.10 Å². The van der Waals surface area contributed by atoms with E-state index in [1.165, 1.54) is 23.1 Å². The van der Waals surface area contributed by atoms with Crippen LogP contribution in [0.2, 0.25) is 0 Å². The Bertz CT molecular complexity index is 1030. The molecule has 4 rings (SSSR count). The molecule has 8 heteroatoms. The van der Waals surface area contributed by atoms with Crippen LogP contribution < -0.4 is 9.47 Å². The third-order valence-corrected chi connectivity index (χ3v) is 7.50. The van der Waals surface area contributed by atoms with Crippen LogP contribution in [0.4, 0.5) is 4.39 Å². The molecule has 0 aromatic heterocycles. The van der Waals surface area contributed by atoms with Crippen LogP contribution in [0.15, 0.2) is 48.5 Å². The molecular weight excluding hydrogens is 397 g/mol. The van der Waals surface area contributed by atoms with Crippen molar-refractivity contribution in [3.63, 3.8) is 0 Å². The monoisotopic (exact) mass is 419 g/mol. The van der Waals surface area contributed by atoms with Gasteiger partial charge in [0, 0.05) is 18.7 Å². The second kappa shape index (κ2) is 7.67. The number of amides is 1. The first kappa shape index (κ1) is 19.7. The quantitative estimate of drug-likeness (QED) is 0.749. The number of ether oxygens (including phenoxy) is 2. The maximum Gasteiger partial charge on any atom is 0.267 e. The van der Waals surface area contributed by atoms with Crippen LogP contribution in [0.5, 0.6) is 11.5 Å². The van der Waals surface area contributed by atoms with Gasteiger partial charge in [-0.2, -0.15) is 0 Å². The molecule has 2 heterocycles. The molecule has 154 valence electrons. The van der Waals surface area contributed by atoms with Gasteiger partial charge in [0.15, 0.2) is 21.3 Å². The minimum absolute atomic E-state index is 0.0420. The van der Waals surface area contributed by atoms with Crippen LogP contribution in [-0.4, -0.2) is 50.3 Å². The molecule has 1 amide bonds. The van der Waals surface area contributed by atoms with E-state index in [1.807, 2.05) is 6.07 Å². The second-order valence-electron chi connectivity index (χ2n) is 7.30. The molecule has 0 unspecified atom stereocenters. The molecule has 0 aliphatic carbocycles. The summed E-state index contributed by atoms with van der Waals surface area (Å²) < 4.78 is 51.4. The molecule has 1 saturated heterocycles. The first-order valence-corrected chi connectivity index (χ1v) is 11.3. The van der Waals surface area contributed by atoms with Gasteiger partial charge in [-0.3, -0.25) is 4.79 Å². The standard InChI is InChI=1S/C21H22FNO5S/c1-14-20(28-18-9-5-4-8-17(18)27-14)21(24)23-11-10-19(29(25,26)13-12-23)15-6-2-3-7-16(15)22/h2-9,14,19-20H,10-13H2,1H3/t14-,19+,20+/m0/s1. The number of hydrogen-bond acceptors (Lipinski definition) is 5. The number of para-hydroxylation sites is 2. The maximum atomic E-state index is 14.2. The highest BCUT2D eigenvalue weighted by molar-refractivity contribution is 7.91. The normalized spacial score (nSPS) is 25.9. The summed E-state index contributed by atoms with van der Waals surface area (Å²) in [5, 5.41) is -0.969. The van der Waals surface area contributed by atoms with Crippen molar-refractivity contribution in [2.75, 3.05) is 18.8 Å². The third-order valence-electron chi connectivity index (χ3n) is 5.39. The Morgan fingerprint density at radius 2 is 1.69 bits per heavy atom. The van der Waals surface area contributed by atoms with E-state index >= 15 is 0 Å². The average Bonchev–Trinajstić information content (AvgIpc) is 2.85. The van der Waals surface area contributed by atoms with Crippen molar-refractivity contribution in [3.05, 3.63) is 59.9 Å². The lowest BCUT2D eigenvalue weighted by molar-refractivity contribution is -0.144. The van der Waals surface area contributed by atoms with Gasteiger partial charge in [-0.05, 0) is 31.5 Å². The van der Waals surface area contributed by atoms with Gasteiger partial charge < -0.3 is 14.4 Å².